The summed E-state index contributed by atoms with van der Waals surface area (Å²) in [5, 5.41) is 1.16. The SMILES string of the molecule is CCN1C(=O)C(=O)N(CN2CCC(c3nc4ccccc4s3)CC2)C1=O. The van der Waals surface area contributed by atoms with E-state index in [0.29, 0.717) is 5.92 Å². The molecule has 0 N–H and O–H groups in total. The summed E-state index contributed by atoms with van der Waals surface area (Å²) in [6, 6.07) is 7.64. The molecule has 2 saturated heterocycles. The second-order valence-electron chi connectivity index (χ2n) is 6.62. The number of nitrogens with zero attached hydrogens (tertiary/aromatic N) is 4. The Balaban J connectivity index is 1.39. The van der Waals surface area contributed by atoms with Crippen molar-refractivity contribution in [2.24, 2.45) is 0 Å². The van der Waals surface area contributed by atoms with Gasteiger partial charge in [0, 0.05) is 25.6 Å². The molecular formula is C18H20N4O3S. The number of benzene rings is 1. The fraction of sp³-hybridized carbons (Fsp3) is 0.444. The highest BCUT2D eigenvalue weighted by Gasteiger charge is 2.44. The average molecular weight is 372 g/mol. The minimum absolute atomic E-state index is 0.187. The first-order chi connectivity index (χ1) is 12.6. The zero-order valence-corrected chi connectivity index (χ0v) is 15.4. The summed E-state index contributed by atoms with van der Waals surface area (Å²) < 4.78 is 1.20. The molecule has 26 heavy (non-hydrogen) atoms. The van der Waals surface area contributed by atoms with E-state index in [1.165, 1.54) is 4.70 Å². The quantitative estimate of drug-likeness (QED) is 0.608. The van der Waals surface area contributed by atoms with Crippen molar-refractivity contribution in [2.45, 2.75) is 25.7 Å². The van der Waals surface area contributed by atoms with E-state index in [2.05, 4.69) is 11.0 Å². The van der Waals surface area contributed by atoms with Gasteiger partial charge in [0.05, 0.1) is 21.9 Å². The highest BCUT2D eigenvalue weighted by molar-refractivity contribution is 7.18. The molecule has 7 nitrogen and oxygen atoms in total. The lowest BCUT2D eigenvalue weighted by atomic mass is 9.98. The van der Waals surface area contributed by atoms with Crippen molar-refractivity contribution in [1.82, 2.24) is 19.7 Å². The Kier molecular flexibility index (Phi) is 4.46. The molecule has 1 aromatic heterocycles. The van der Waals surface area contributed by atoms with Gasteiger partial charge in [-0.2, -0.15) is 0 Å². The Morgan fingerprint density at radius 3 is 2.42 bits per heavy atom. The normalized spacial score (nSPS) is 20.0. The van der Waals surface area contributed by atoms with E-state index in [1.807, 2.05) is 18.2 Å². The van der Waals surface area contributed by atoms with Crippen LogP contribution in [0.1, 0.15) is 30.7 Å². The van der Waals surface area contributed by atoms with Crippen LogP contribution >= 0.6 is 11.3 Å². The lowest BCUT2D eigenvalue weighted by Gasteiger charge is -2.32. The van der Waals surface area contributed by atoms with Crippen LogP contribution in [0, 0.1) is 0 Å². The maximum absolute atomic E-state index is 12.2. The predicted molar refractivity (Wildman–Crippen MR) is 97.7 cm³/mol. The third-order valence-corrected chi connectivity index (χ3v) is 6.24. The van der Waals surface area contributed by atoms with Gasteiger partial charge >= 0.3 is 17.8 Å². The van der Waals surface area contributed by atoms with Crippen LogP contribution in [0.25, 0.3) is 10.2 Å². The Morgan fingerprint density at radius 2 is 1.77 bits per heavy atom. The van der Waals surface area contributed by atoms with Gasteiger partial charge in [-0.15, -0.1) is 11.3 Å². The van der Waals surface area contributed by atoms with E-state index >= 15 is 0 Å². The lowest BCUT2D eigenvalue weighted by molar-refractivity contribution is -0.143. The van der Waals surface area contributed by atoms with Crippen molar-refractivity contribution in [3.05, 3.63) is 29.3 Å². The van der Waals surface area contributed by atoms with Gasteiger partial charge in [0.2, 0.25) is 0 Å². The molecule has 2 fully saturated rings. The van der Waals surface area contributed by atoms with Crippen molar-refractivity contribution in [1.29, 1.82) is 0 Å². The van der Waals surface area contributed by atoms with E-state index in [4.69, 9.17) is 4.98 Å². The molecule has 0 bridgehead atoms. The smallest absolute Gasteiger partial charge is 0.285 e. The summed E-state index contributed by atoms with van der Waals surface area (Å²) in [5.41, 5.74) is 1.04. The molecule has 0 unspecified atom stereocenters. The average Bonchev–Trinajstić information content (AvgIpc) is 3.17. The molecule has 0 aliphatic carbocycles. The third-order valence-electron chi connectivity index (χ3n) is 5.04. The minimum Gasteiger partial charge on any atom is -0.285 e. The van der Waals surface area contributed by atoms with E-state index in [9.17, 15) is 14.4 Å². The van der Waals surface area contributed by atoms with Crippen LogP contribution < -0.4 is 0 Å². The number of carbonyl (C=O) groups is 3. The number of fused-ring (bicyclic) bond motifs is 1. The van der Waals surface area contributed by atoms with Gasteiger partial charge in [0.25, 0.3) is 0 Å². The zero-order chi connectivity index (χ0) is 18.3. The number of para-hydroxylation sites is 1. The number of piperidine rings is 1. The zero-order valence-electron chi connectivity index (χ0n) is 14.6. The summed E-state index contributed by atoms with van der Waals surface area (Å²) in [6.07, 6.45) is 1.86. The maximum Gasteiger partial charge on any atom is 0.335 e. The van der Waals surface area contributed by atoms with Crippen LogP contribution in [0.3, 0.4) is 0 Å². The monoisotopic (exact) mass is 372 g/mol. The topological polar surface area (TPSA) is 73.8 Å². The van der Waals surface area contributed by atoms with Crippen LogP contribution in [0.4, 0.5) is 4.79 Å². The van der Waals surface area contributed by atoms with Crippen LogP contribution in [0.2, 0.25) is 0 Å². The Bertz CT molecular complexity index is 839. The minimum atomic E-state index is -0.720. The maximum atomic E-state index is 12.2. The Labute approximate surface area is 155 Å². The number of likely N-dealkylation sites (tertiary alicyclic amines) is 1. The molecule has 0 spiro atoms. The van der Waals surface area contributed by atoms with Crippen LogP contribution in [0.15, 0.2) is 24.3 Å². The van der Waals surface area contributed by atoms with E-state index in [-0.39, 0.29) is 13.2 Å². The first-order valence-electron chi connectivity index (χ1n) is 8.83. The number of aromatic nitrogens is 1. The molecule has 0 atom stereocenters. The van der Waals surface area contributed by atoms with E-state index in [0.717, 1.165) is 46.3 Å². The molecule has 2 aliphatic rings. The molecule has 136 valence electrons. The van der Waals surface area contributed by atoms with Crippen molar-refractivity contribution in [2.75, 3.05) is 26.3 Å². The summed E-state index contributed by atoms with van der Waals surface area (Å²) >= 11 is 1.74. The number of hydrogen-bond donors (Lipinski definition) is 0. The Morgan fingerprint density at radius 1 is 1.08 bits per heavy atom. The number of thiazole rings is 1. The fourth-order valence-electron chi connectivity index (χ4n) is 3.54. The third kappa shape index (κ3) is 2.89. The number of likely N-dealkylation sites (N-methyl/N-ethyl adjacent to an activating group) is 1. The van der Waals surface area contributed by atoms with Gasteiger partial charge in [-0.3, -0.25) is 19.4 Å². The first kappa shape index (κ1) is 17.1. The largest absolute Gasteiger partial charge is 0.335 e. The number of carbonyl (C=O) groups excluding carboxylic acids is 3. The van der Waals surface area contributed by atoms with Gasteiger partial charge in [0.15, 0.2) is 0 Å². The van der Waals surface area contributed by atoms with Crippen molar-refractivity contribution in [3.63, 3.8) is 0 Å². The van der Waals surface area contributed by atoms with Crippen molar-refractivity contribution >= 4 is 39.4 Å². The number of amides is 4. The standard InChI is InChI=1S/C18H20N4O3S/c1-2-21-16(23)17(24)22(18(21)25)11-20-9-7-12(8-10-20)15-19-13-5-3-4-6-14(13)26-15/h3-6,12H,2,7-11H2,1H3. The van der Waals surface area contributed by atoms with Gasteiger partial charge in [0.1, 0.15) is 0 Å². The van der Waals surface area contributed by atoms with Crippen LogP contribution in [0.5, 0.6) is 0 Å². The summed E-state index contributed by atoms with van der Waals surface area (Å²) in [6.45, 7) is 3.65. The van der Waals surface area contributed by atoms with E-state index < -0.39 is 17.8 Å². The lowest BCUT2D eigenvalue weighted by Crippen LogP contribution is -2.45. The van der Waals surface area contributed by atoms with Gasteiger partial charge in [-0.25, -0.2) is 14.7 Å². The highest BCUT2D eigenvalue weighted by Crippen LogP contribution is 2.33. The molecule has 2 aromatic rings. The second kappa shape index (κ2) is 6.77. The van der Waals surface area contributed by atoms with Crippen molar-refractivity contribution < 1.29 is 14.4 Å². The van der Waals surface area contributed by atoms with E-state index in [1.54, 1.807) is 18.3 Å². The molecular weight excluding hydrogens is 352 g/mol. The molecule has 0 radical (unpaired) electrons. The predicted octanol–water partition coefficient (Wildman–Crippen LogP) is 2.24. The van der Waals surface area contributed by atoms with Gasteiger partial charge in [-0.05, 0) is 31.9 Å². The Hall–Kier alpha value is -2.32. The van der Waals surface area contributed by atoms with Crippen LogP contribution in [-0.4, -0.2) is 63.8 Å². The van der Waals surface area contributed by atoms with Gasteiger partial charge < -0.3 is 0 Å². The highest BCUT2D eigenvalue weighted by atomic mass is 32.1. The number of hydrogen-bond acceptors (Lipinski definition) is 6. The number of rotatable bonds is 4. The fourth-order valence-corrected chi connectivity index (χ4v) is 4.68. The van der Waals surface area contributed by atoms with Gasteiger partial charge in [-0.1, -0.05) is 12.1 Å². The molecule has 4 amide bonds. The molecule has 0 saturated carbocycles. The summed E-state index contributed by atoms with van der Waals surface area (Å²) in [5.74, 6) is -1.03. The second-order valence-corrected chi connectivity index (χ2v) is 7.68. The van der Waals surface area contributed by atoms with Crippen LogP contribution in [-0.2, 0) is 9.59 Å². The molecule has 2 aliphatic heterocycles. The van der Waals surface area contributed by atoms with Crippen molar-refractivity contribution in [3.8, 4) is 0 Å². The molecule has 8 heteroatoms. The summed E-state index contributed by atoms with van der Waals surface area (Å²) in [4.78, 5) is 44.9. The first-order valence-corrected chi connectivity index (χ1v) is 9.65. The molecule has 3 heterocycles. The molecule has 1 aromatic carbocycles. The number of urea groups is 1. The number of imide groups is 2. The molecule has 4 rings (SSSR count). The summed E-state index contributed by atoms with van der Waals surface area (Å²) in [7, 11) is 0.